The molecular formula is C7H7F3N2O4S. The third-order valence-corrected chi connectivity index (χ3v) is 2.82. The average Bonchev–Trinajstić information content (AvgIpc) is 2.06. The molecule has 3 N–H and O–H groups in total. The molecule has 0 saturated heterocycles. The van der Waals surface area contributed by atoms with Gasteiger partial charge in [-0.1, -0.05) is 0 Å². The average molecular weight is 272 g/mol. The number of nitrogens with one attached hydrogen (secondary N) is 1. The van der Waals surface area contributed by atoms with Crippen LogP contribution >= 0.6 is 0 Å². The monoisotopic (exact) mass is 272 g/mol. The molecule has 0 saturated carbocycles. The Hall–Kier alpha value is -1.55. The Morgan fingerprint density at radius 2 is 1.94 bits per heavy atom. The number of aromatic amines is 1. The Balaban J connectivity index is 3.46. The summed E-state index contributed by atoms with van der Waals surface area (Å²) in [5, 5.41) is 4.71. The topological polar surface area (TPSA) is 102 Å². The van der Waals surface area contributed by atoms with E-state index in [0.717, 1.165) is 6.92 Å². The predicted molar refractivity (Wildman–Crippen MR) is 49.9 cm³/mol. The highest BCUT2D eigenvalue weighted by molar-refractivity contribution is 7.89. The molecule has 0 aliphatic heterocycles. The minimum Gasteiger partial charge on any atom is -0.404 e. The van der Waals surface area contributed by atoms with Crippen LogP contribution in [0.5, 0.6) is 5.75 Å². The third-order valence-electron chi connectivity index (χ3n) is 1.76. The molecule has 0 aromatic carbocycles. The van der Waals surface area contributed by atoms with Crippen LogP contribution in [0.15, 0.2) is 15.9 Å². The summed E-state index contributed by atoms with van der Waals surface area (Å²) in [7, 11) is -4.43. The van der Waals surface area contributed by atoms with Crippen molar-refractivity contribution in [1.82, 2.24) is 4.98 Å². The lowest BCUT2D eigenvalue weighted by Gasteiger charge is -2.12. The molecule has 0 atom stereocenters. The molecule has 0 fully saturated rings. The van der Waals surface area contributed by atoms with Gasteiger partial charge in [-0.05, 0) is 6.92 Å². The molecule has 0 aliphatic rings. The number of nitrogens with two attached hydrogens (primary N) is 1. The van der Waals surface area contributed by atoms with Gasteiger partial charge in [0.2, 0.25) is 10.0 Å². The first kappa shape index (κ1) is 13.5. The Kier molecular flexibility index (Phi) is 3.21. The number of sulfonamides is 1. The van der Waals surface area contributed by atoms with Crippen molar-refractivity contribution < 1.29 is 26.3 Å². The number of ether oxygens (including phenoxy) is 1. The van der Waals surface area contributed by atoms with Gasteiger partial charge in [0.1, 0.15) is 5.75 Å². The van der Waals surface area contributed by atoms with Gasteiger partial charge < -0.3 is 9.72 Å². The van der Waals surface area contributed by atoms with Gasteiger partial charge in [0.25, 0.3) is 5.56 Å². The largest absolute Gasteiger partial charge is 0.573 e. The first-order valence-electron chi connectivity index (χ1n) is 4.03. The van der Waals surface area contributed by atoms with Crippen molar-refractivity contribution in [3.63, 3.8) is 0 Å². The summed E-state index contributed by atoms with van der Waals surface area (Å²) in [6.45, 7) is 0.982. The zero-order valence-corrected chi connectivity index (χ0v) is 9.15. The second-order valence-electron chi connectivity index (χ2n) is 3.03. The van der Waals surface area contributed by atoms with E-state index in [1.807, 2.05) is 0 Å². The Labute approximate surface area is 93.3 Å². The molecule has 17 heavy (non-hydrogen) atoms. The number of H-pyrrole nitrogens is 1. The Morgan fingerprint density at radius 3 is 2.35 bits per heavy atom. The van der Waals surface area contributed by atoms with Gasteiger partial charge in [0.05, 0.1) is 0 Å². The molecule has 10 heteroatoms. The van der Waals surface area contributed by atoms with Crippen LogP contribution in [0.2, 0.25) is 0 Å². The van der Waals surface area contributed by atoms with Gasteiger partial charge in [0.15, 0.2) is 4.90 Å². The maximum absolute atomic E-state index is 12.0. The number of primary sulfonamides is 1. The number of rotatable bonds is 2. The fraction of sp³-hybridized carbons (Fsp3) is 0.286. The van der Waals surface area contributed by atoms with Gasteiger partial charge in [-0.3, -0.25) is 4.79 Å². The number of hydrogen-bond donors (Lipinski definition) is 2. The number of alkyl halides is 3. The van der Waals surface area contributed by atoms with Crippen molar-refractivity contribution >= 4 is 10.0 Å². The second-order valence-corrected chi connectivity index (χ2v) is 4.53. The van der Waals surface area contributed by atoms with Crippen molar-refractivity contribution in [2.45, 2.75) is 18.2 Å². The van der Waals surface area contributed by atoms with Gasteiger partial charge in [0, 0.05) is 11.8 Å². The molecule has 6 nitrogen and oxygen atoms in total. The quantitative estimate of drug-likeness (QED) is 0.804. The van der Waals surface area contributed by atoms with E-state index in [-0.39, 0.29) is 0 Å². The summed E-state index contributed by atoms with van der Waals surface area (Å²) in [6, 6.07) is 0. The Bertz CT molecular complexity index is 590. The molecule has 1 rings (SSSR count). The molecule has 0 spiro atoms. The molecule has 1 aromatic rings. The molecule has 0 bridgehead atoms. The number of hydrogen-bond acceptors (Lipinski definition) is 4. The smallest absolute Gasteiger partial charge is 0.404 e. The minimum atomic E-state index is -5.00. The van der Waals surface area contributed by atoms with E-state index in [9.17, 15) is 26.4 Å². The van der Waals surface area contributed by atoms with Crippen molar-refractivity contribution in [2.24, 2.45) is 5.14 Å². The summed E-state index contributed by atoms with van der Waals surface area (Å²) in [4.78, 5) is 12.0. The van der Waals surface area contributed by atoms with Crippen LogP contribution in [0.25, 0.3) is 0 Å². The highest BCUT2D eigenvalue weighted by Crippen LogP contribution is 2.26. The lowest BCUT2D eigenvalue weighted by atomic mass is 10.3. The molecule has 0 radical (unpaired) electrons. The summed E-state index contributed by atoms with van der Waals surface area (Å²) in [5.74, 6) is -0.832. The number of halogens is 3. The summed E-state index contributed by atoms with van der Waals surface area (Å²) < 4.78 is 61.4. The van der Waals surface area contributed by atoms with E-state index in [1.165, 1.54) is 0 Å². The fourth-order valence-electron chi connectivity index (χ4n) is 1.16. The van der Waals surface area contributed by atoms with Crippen molar-refractivity contribution in [3.8, 4) is 5.75 Å². The highest BCUT2D eigenvalue weighted by atomic mass is 32.2. The first-order chi connectivity index (χ1) is 7.52. The minimum absolute atomic E-state index is 0.506. The second kappa shape index (κ2) is 4.04. The van der Waals surface area contributed by atoms with Crippen LogP contribution in [-0.2, 0) is 10.0 Å². The lowest BCUT2D eigenvalue weighted by Crippen LogP contribution is -2.26. The maximum atomic E-state index is 12.0. The molecule has 96 valence electrons. The summed E-state index contributed by atoms with van der Waals surface area (Å²) in [6.07, 6.45) is -4.39. The number of pyridine rings is 1. The van der Waals surface area contributed by atoms with Crippen LogP contribution in [0.1, 0.15) is 5.56 Å². The Morgan fingerprint density at radius 1 is 1.41 bits per heavy atom. The first-order valence-corrected chi connectivity index (χ1v) is 5.58. The van der Waals surface area contributed by atoms with Crippen LogP contribution in [0.3, 0.4) is 0 Å². The van der Waals surface area contributed by atoms with Crippen molar-refractivity contribution in [1.29, 1.82) is 0 Å². The van der Waals surface area contributed by atoms with E-state index in [0.29, 0.717) is 6.20 Å². The fourth-order valence-corrected chi connectivity index (χ4v) is 2.01. The van der Waals surface area contributed by atoms with Crippen molar-refractivity contribution in [3.05, 3.63) is 22.1 Å². The molecule has 0 aliphatic carbocycles. The van der Waals surface area contributed by atoms with Crippen LogP contribution in [0.4, 0.5) is 13.2 Å². The normalized spacial score (nSPS) is 12.5. The van der Waals surface area contributed by atoms with E-state index in [2.05, 4.69) is 4.74 Å². The van der Waals surface area contributed by atoms with Crippen LogP contribution in [0, 0.1) is 6.92 Å². The van der Waals surface area contributed by atoms with Crippen molar-refractivity contribution in [2.75, 3.05) is 0 Å². The van der Waals surface area contributed by atoms with E-state index < -0.39 is 38.2 Å². The number of aromatic nitrogens is 1. The van der Waals surface area contributed by atoms with Crippen LogP contribution < -0.4 is 15.4 Å². The highest BCUT2D eigenvalue weighted by Gasteiger charge is 2.33. The SMILES string of the molecule is Cc1c(OC(F)(F)F)c[nH]c(=O)c1S(N)(=O)=O. The van der Waals surface area contributed by atoms with Gasteiger partial charge in [-0.15, -0.1) is 13.2 Å². The maximum Gasteiger partial charge on any atom is 0.573 e. The zero-order chi connectivity index (χ0) is 13.4. The van der Waals surface area contributed by atoms with Gasteiger partial charge in [-0.2, -0.15) is 0 Å². The molecule has 1 aromatic heterocycles. The predicted octanol–water partition coefficient (Wildman–Crippen LogP) is 0.229. The van der Waals surface area contributed by atoms with Crippen LogP contribution in [-0.4, -0.2) is 19.8 Å². The third kappa shape index (κ3) is 3.20. The molecule has 0 amide bonds. The molecular weight excluding hydrogens is 265 g/mol. The van der Waals surface area contributed by atoms with E-state index in [4.69, 9.17) is 5.14 Å². The van der Waals surface area contributed by atoms with E-state index >= 15 is 0 Å². The lowest BCUT2D eigenvalue weighted by molar-refractivity contribution is -0.275. The summed E-state index contributed by atoms with van der Waals surface area (Å²) in [5.41, 5.74) is -1.62. The standard InChI is InChI=1S/C7H7F3N2O4S/c1-3-4(16-7(8,9)10)2-12-6(13)5(3)17(11,14)15/h2H,1H3,(H,12,13)(H2,11,14,15). The zero-order valence-electron chi connectivity index (χ0n) is 8.33. The summed E-state index contributed by atoms with van der Waals surface area (Å²) >= 11 is 0. The molecule has 1 heterocycles. The molecule has 0 unspecified atom stereocenters. The van der Waals surface area contributed by atoms with E-state index in [1.54, 1.807) is 4.98 Å². The van der Waals surface area contributed by atoms with Gasteiger partial charge >= 0.3 is 6.36 Å². The van der Waals surface area contributed by atoms with Gasteiger partial charge in [-0.25, -0.2) is 13.6 Å².